The molecule has 0 aliphatic heterocycles. The van der Waals surface area contributed by atoms with E-state index in [2.05, 4.69) is 45.7 Å². The number of amides is 1. The standard InChI is InChI=1S/C11H10BrNOS/c1-2-3-6-13-11(14)9-5-4-8(12)7-10(9)15/h4-5,7,15H,6H2,1H3,(H,13,14). The summed E-state index contributed by atoms with van der Waals surface area (Å²) in [4.78, 5) is 12.3. The van der Waals surface area contributed by atoms with E-state index in [4.69, 9.17) is 0 Å². The van der Waals surface area contributed by atoms with Gasteiger partial charge in [-0.05, 0) is 25.1 Å². The van der Waals surface area contributed by atoms with Crippen LogP contribution in [0.15, 0.2) is 27.6 Å². The van der Waals surface area contributed by atoms with Crippen molar-refractivity contribution in [3.8, 4) is 11.8 Å². The number of hydrogen-bond acceptors (Lipinski definition) is 2. The minimum Gasteiger partial charge on any atom is -0.341 e. The van der Waals surface area contributed by atoms with Gasteiger partial charge in [0.1, 0.15) is 0 Å². The molecule has 0 fully saturated rings. The van der Waals surface area contributed by atoms with E-state index in [9.17, 15) is 4.79 Å². The topological polar surface area (TPSA) is 29.1 Å². The molecule has 15 heavy (non-hydrogen) atoms. The number of halogens is 1. The van der Waals surface area contributed by atoms with Gasteiger partial charge in [-0.25, -0.2) is 0 Å². The van der Waals surface area contributed by atoms with Crippen LogP contribution in [-0.2, 0) is 0 Å². The average molecular weight is 284 g/mol. The largest absolute Gasteiger partial charge is 0.341 e. The van der Waals surface area contributed by atoms with Crippen LogP contribution in [0.25, 0.3) is 0 Å². The number of carbonyl (C=O) groups is 1. The molecule has 1 rings (SSSR count). The summed E-state index contributed by atoms with van der Waals surface area (Å²) in [6.45, 7) is 2.09. The Morgan fingerprint density at radius 3 is 2.93 bits per heavy atom. The highest BCUT2D eigenvalue weighted by Crippen LogP contribution is 2.19. The van der Waals surface area contributed by atoms with Crippen LogP contribution in [0.1, 0.15) is 17.3 Å². The van der Waals surface area contributed by atoms with Crippen molar-refractivity contribution in [2.75, 3.05) is 6.54 Å². The van der Waals surface area contributed by atoms with E-state index in [-0.39, 0.29) is 5.91 Å². The van der Waals surface area contributed by atoms with Crippen LogP contribution in [0.2, 0.25) is 0 Å². The fraction of sp³-hybridized carbons (Fsp3) is 0.182. The van der Waals surface area contributed by atoms with Crippen molar-refractivity contribution >= 4 is 34.5 Å². The zero-order chi connectivity index (χ0) is 11.3. The van der Waals surface area contributed by atoms with E-state index < -0.39 is 0 Å². The van der Waals surface area contributed by atoms with Gasteiger partial charge in [-0.3, -0.25) is 4.79 Å². The Bertz CT molecular complexity index is 434. The second-order valence-corrected chi connectivity index (χ2v) is 4.17. The molecule has 0 bridgehead atoms. The molecule has 1 aromatic carbocycles. The maximum absolute atomic E-state index is 11.6. The first-order chi connectivity index (χ1) is 7.15. The van der Waals surface area contributed by atoms with Gasteiger partial charge in [0, 0.05) is 9.37 Å². The molecule has 1 N–H and O–H groups in total. The molecule has 0 saturated heterocycles. The first-order valence-electron chi connectivity index (χ1n) is 4.31. The van der Waals surface area contributed by atoms with E-state index >= 15 is 0 Å². The lowest BCUT2D eigenvalue weighted by Gasteiger charge is -2.04. The smallest absolute Gasteiger partial charge is 0.253 e. The van der Waals surface area contributed by atoms with Crippen molar-refractivity contribution in [2.45, 2.75) is 11.8 Å². The number of thiol groups is 1. The van der Waals surface area contributed by atoms with Crippen molar-refractivity contribution in [3.05, 3.63) is 28.2 Å². The van der Waals surface area contributed by atoms with Crippen LogP contribution >= 0.6 is 28.6 Å². The summed E-state index contributed by atoms with van der Waals surface area (Å²) in [5, 5.41) is 2.68. The van der Waals surface area contributed by atoms with Crippen molar-refractivity contribution in [2.24, 2.45) is 0 Å². The fourth-order valence-electron chi connectivity index (χ4n) is 1.00. The summed E-state index contributed by atoms with van der Waals surface area (Å²) in [5.74, 6) is 5.31. The van der Waals surface area contributed by atoms with Gasteiger partial charge in [0.25, 0.3) is 5.91 Å². The second-order valence-electron chi connectivity index (χ2n) is 2.77. The summed E-state index contributed by atoms with van der Waals surface area (Å²) >= 11 is 7.53. The predicted molar refractivity (Wildman–Crippen MR) is 67.2 cm³/mol. The number of rotatable bonds is 2. The van der Waals surface area contributed by atoms with Gasteiger partial charge in [0.05, 0.1) is 12.1 Å². The molecular formula is C11H10BrNOS. The first kappa shape index (κ1) is 12.2. The van der Waals surface area contributed by atoms with Gasteiger partial charge >= 0.3 is 0 Å². The quantitative estimate of drug-likeness (QED) is 0.634. The molecular weight excluding hydrogens is 274 g/mol. The highest BCUT2D eigenvalue weighted by molar-refractivity contribution is 9.10. The van der Waals surface area contributed by atoms with Crippen LogP contribution in [0.4, 0.5) is 0 Å². The summed E-state index contributed by atoms with van der Waals surface area (Å²) in [6, 6.07) is 5.31. The molecule has 0 aliphatic carbocycles. The van der Waals surface area contributed by atoms with Crippen LogP contribution in [0.3, 0.4) is 0 Å². The minimum absolute atomic E-state index is 0.157. The molecule has 0 radical (unpaired) electrons. The van der Waals surface area contributed by atoms with E-state index in [0.717, 1.165) is 4.47 Å². The monoisotopic (exact) mass is 283 g/mol. The number of benzene rings is 1. The molecule has 4 heteroatoms. The van der Waals surface area contributed by atoms with Gasteiger partial charge in [-0.15, -0.1) is 18.5 Å². The van der Waals surface area contributed by atoms with Crippen molar-refractivity contribution < 1.29 is 4.79 Å². The molecule has 1 amide bonds. The third-order valence-electron chi connectivity index (χ3n) is 1.72. The van der Waals surface area contributed by atoms with Crippen LogP contribution in [-0.4, -0.2) is 12.5 Å². The molecule has 0 saturated carbocycles. The Morgan fingerprint density at radius 2 is 2.33 bits per heavy atom. The zero-order valence-corrected chi connectivity index (χ0v) is 10.7. The minimum atomic E-state index is -0.157. The Morgan fingerprint density at radius 1 is 1.60 bits per heavy atom. The molecule has 1 aromatic rings. The van der Waals surface area contributed by atoms with Crippen LogP contribution < -0.4 is 5.32 Å². The first-order valence-corrected chi connectivity index (χ1v) is 5.55. The average Bonchev–Trinajstić information content (AvgIpc) is 2.17. The summed E-state index contributed by atoms with van der Waals surface area (Å²) in [6.07, 6.45) is 0. The molecule has 0 spiro atoms. The summed E-state index contributed by atoms with van der Waals surface area (Å²) < 4.78 is 0.900. The van der Waals surface area contributed by atoms with Gasteiger partial charge in [-0.1, -0.05) is 21.9 Å². The second kappa shape index (κ2) is 5.84. The summed E-state index contributed by atoms with van der Waals surface area (Å²) in [7, 11) is 0. The van der Waals surface area contributed by atoms with Gasteiger partial charge < -0.3 is 5.32 Å². The number of hydrogen-bond donors (Lipinski definition) is 2. The van der Waals surface area contributed by atoms with E-state index in [1.165, 1.54) is 0 Å². The summed E-state index contributed by atoms with van der Waals surface area (Å²) in [5.41, 5.74) is 0.555. The van der Waals surface area contributed by atoms with Gasteiger partial charge in [-0.2, -0.15) is 0 Å². The lowest BCUT2D eigenvalue weighted by molar-refractivity contribution is 0.0956. The molecule has 0 unspecified atom stereocenters. The maximum atomic E-state index is 11.6. The Hall–Kier alpha value is -0.920. The predicted octanol–water partition coefficient (Wildman–Crippen LogP) is 2.49. The molecule has 0 aromatic heterocycles. The SMILES string of the molecule is CC#CCNC(=O)c1ccc(Br)cc1S. The van der Waals surface area contributed by atoms with Gasteiger partial charge in [0.2, 0.25) is 0 Å². The molecule has 0 heterocycles. The Labute approximate surface area is 103 Å². The molecule has 2 nitrogen and oxygen atoms in total. The third kappa shape index (κ3) is 3.61. The van der Waals surface area contributed by atoms with Gasteiger partial charge in [0.15, 0.2) is 0 Å². The van der Waals surface area contributed by atoms with Crippen molar-refractivity contribution in [1.29, 1.82) is 0 Å². The normalized spacial score (nSPS) is 9.00. The van der Waals surface area contributed by atoms with E-state index in [1.807, 2.05) is 0 Å². The molecule has 78 valence electrons. The van der Waals surface area contributed by atoms with Crippen molar-refractivity contribution in [3.63, 3.8) is 0 Å². The highest BCUT2D eigenvalue weighted by atomic mass is 79.9. The van der Waals surface area contributed by atoms with Crippen LogP contribution in [0.5, 0.6) is 0 Å². The maximum Gasteiger partial charge on any atom is 0.253 e. The highest BCUT2D eigenvalue weighted by Gasteiger charge is 2.08. The fourth-order valence-corrected chi connectivity index (χ4v) is 1.86. The lowest BCUT2D eigenvalue weighted by atomic mass is 10.2. The Balaban J connectivity index is 2.76. The molecule has 0 atom stereocenters. The van der Waals surface area contributed by atoms with Crippen LogP contribution in [0, 0.1) is 11.8 Å². The van der Waals surface area contributed by atoms with E-state index in [0.29, 0.717) is 17.0 Å². The number of carbonyl (C=O) groups excluding carboxylic acids is 1. The van der Waals surface area contributed by atoms with E-state index in [1.54, 1.807) is 25.1 Å². The lowest BCUT2D eigenvalue weighted by Crippen LogP contribution is -2.23. The van der Waals surface area contributed by atoms with Crippen molar-refractivity contribution in [1.82, 2.24) is 5.32 Å². The zero-order valence-electron chi connectivity index (χ0n) is 8.17. The Kier molecular flexibility index (Phi) is 4.73. The third-order valence-corrected chi connectivity index (χ3v) is 2.58. The molecule has 0 aliphatic rings. The number of nitrogens with one attached hydrogen (secondary N) is 1.